The minimum absolute atomic E-state index is 0.0477. The van der Waals surface area contributed by atoms with Crippen LogP contribution in [-0.2, 0) is 4.79 Å². The summed E-state index contributed by atoms with van der Waals surface area (Å²) in [7, 11) is 0. The number of aliphatic hydroxyl groups excluding tert-OH is 1. The minimum Gasteiger partial charge on any atom is -0.396 e. The maximum atomic E-state index is 12.1. The Bertz CT molecular complexity index is 429. The Morgan fingerprint density at radius 2 is 2.47 bits per heavy atom. The van der Waals surface area contributed by atoms with Gasteiger partial charge in [0.25, 0.3) is 0 Å². The van der Waals surface area contributed by atoms with E-state index in [1.807, 2.05) is 17.0 Å². The Labute approximate surface area is 113 Å². The van der Waals surface area contributed by atoms with Crippen LogP contribution in [0.4, 0.5) is 0 Å². The van der Waals surface area contributed by atoms with Crippen LogP contribution >= 0.6 is 0 Å². The van der Waals surface area contributed by atoms with Gasteiger partial charge >= 0.3 is 0 Å². The van der Waals surface area contributed by atoms with Crippen molar-refractivity contribution in [1.29, 1.82) is 0 Å². The van der Waals surface area contributed by atoms with E-state index in [-0.39, 0.29) is 12.5 Å². The van der Waals surface area contributed by atoms with Crippen molar-refractivity contribution in [3.05, 3.63) is 36.2 Å². The Morgan fingerprint density at radius 1 is 1.58 bits per heavy atom. The molecule has 2 rings (SSSR count). The fourth-order valence-corrected chi connectivity index (χ4v) is 2.43. The Balaban J connectivity index is 1.90. The van der Waals surface area contributed by atoms with Gasteiger partial charge < -0.3 is 10.0 Å². The molecular weight excluding hydrogens is 240 g/mol. The van der Waals surface area contributed by atoms with Gasteiger partial charge in [-0.2, -0.15) is 0 Å². The van der Waals surface area contributed by atoms with E-state index in [0.29, 0.717) is 5.92 Å². The zero-order valence-electron chi connectivity index (χ0n) is 11.0. The van der Waals surface area contributed by atoms with Gasteiger partial charge in [-0.3, -0.25) is 9.78 Å². The monoisotopic (exact) mass is 260 g/mol. The summed E-state index contributed by atoms with van der Waals surface area (Å²) < 4.78 is 0. The SMILES string of the molecule is O=C(/C=C/c1cccnc1)N1CCCC(CCO)C1. The predicted octanol–water partition coefficient (Wildman–Crippen LogP) is 1.72. The van der Waals surface area contributed by atoms with Crippen LogP contribution < -0.4 is 0 Å². The van der Waals surface area contributed by atoms with Gasteiger partial charge in [0.1, 0.15) is 0 Å². The van der Waals surface area contributed by atoms with E-state index in [2.05, 4.69) is 4.98 Å². The minimum atomic E-state index is 0.0477. The average molecular weight is 260 g/mol. The summed E-state index contributed by atoms with van der Waals surface area (Å²) in [5.74, 6) is 0.487. The number of aromatic nitrogens is 1. The van der Waals surface area contributed by atoms with Gasteiger partial charge in [-0.05, 0) is 42.9 Å². The fourth-order valence-electron chi connectivity index (χ4n) is 2.43. The first kappa shape index (κ1) is 13.7. The van der Waals surface area contributed by atoms with Gasteiger partial charge in [0.2, 0.25) is 5.91 Å². The lowest BCUT2D eigenvalue weighted by molar-refractivity contribution is -0.127. The predicted molar refractivity (Wildman–Crippen MR) is 74.3 cm³/mol. The van der Waals surface area contributed by atoms with Gasteiger partial charge in [-0.15, -0.1) is 0 Å². The Hall–Kier alpha value is -1.68. The second kappa shape index (κ2) is 7.04. The van der Waals surface area contributed by atoms with Gasteiger partial charge in [-0.25, -0.2) is 0 Å². The van der Waals surface area contributed by atoms with E-state index in [4.69, 9.17) is 5.11 Å². The molecule has 19 heavy (non-hydrogen) atoms. The Kier molecular flexibility index (Phi) is 5.10. The van der Waals surface area contributed by atoms with Crippen LogP contribution in [0.5, 0.6) is 0 Å². The zero-order chi connectivity index (χ0) is 13.5. The molecule has 1 amide bonds. The first-order valence-corrected chi connectivity index (χ1v) is 6.77. The summed E-state index contributed by atoms with van der Waals surface area (Å²) in [5, 5.41) is 8.97. The highest BCUT2D eigenvalue weighted by molar-refractivity contribution is 5.91. The number of hydrogen-bond acceptors (Lipinski definition) is 3. The van der Waals surface area contributed by atoms with Crippen LogP contribution in [0, 0.1) is 5.92 Å². The molecule has 2 heterocycles. The molecule has 0 aliphatic carbocycles. The molecule has 102 valence electrons. The van der Waals surface area contributed by atoms with Crippen molar-refractivity contribution in [2.45, 2.75) is 19.3 Å². The van der Waals surface area contributed by atoms with E-state index >= 15 is 0 Å². The van der Waals surface area contributed by atoms with Crippen LogP contribution in [0.3, 0.4) is 0 Å². The van der Waals surface area contributed by atoms with E-state index < -0.39 is 0 Å². The van der Waals surface area contributed by atoms with Gasteiger partial charge in [0.15, 0.2) is 0 Å². The van der Waals surface area contributed by atoms with Crippen LogP contribution in [0.25, 0.3) is 6.08 Å². The van der Waals surface area contributed by atoms with E-state index in [1.165, 1.54) is 0 Å². The number of hydrogen-bond donors (Lipinski definition) is 1. The molecule has 1 N–H and O–H groups in total. The van der Waals surface area contributed by atoms with Crippen molar-refractivity contribution < 1.29 is 9.90 Å². The summed E-state index contributed by atoms with van der Waals surface area (Å²) in [5.41, 5.74) is 0.930. The highest BCUT2D eigenvalue weighted by Gasteiger charge is 2.21. The second-order valence-corrected chi connectivity index (χ2v) is 4.92. The van der Waals surface area contributed by atoms with Crippen molar-refractivity contribution >= 4 is 12.0 Å². The quantitative estimate of drug-likeness (QED) is 0.839. The number of pyridine rings is 1. The highest BCUT2D eigenvalue weighted by atomic mass is 16.3. The summed E-state index contributed by atoms with van der Waals surface area (Å²) in [4.78, 5) is 18.0. The van der Waals surface area contributed by atoms with Crippen molar-refractivity contribution in [3.63, 3.8) is 0 Å². The Morgan fingerprint density at radius 3 is 3.21 bits per heavy atom. The third-order valence-electron chi connectivity index (χ3n) is 3.47. The van der Waals surface area contributed by atoms with Crippen molar-refractivity contribution in [1.82, 2.24) is 9.88 Å². The summed E-state index contributed by atoms with van der Waals surface area (Å²) >= 11 is 0. The van der Waals surface area contributed by atoms with Gasteiger partial charge in [-0.1, -0.05) is 6.07 Å². The zero-order valence-corrected chi connectivity index (χ0v) is 11.0. The molecule has 0 saturated carbocycles. The summed E-state index contributed by atoms with van der Waals surface area (Å²) in [6.45, 7) is 1.78. The molecule has 1 aromatic rings. The standard InChI is InChI=1S/C15H20N2O2/c18-10-7-14-4-2-9-17(12-14)15(19)6-5-13-3-1-8-16-11-13/h1,3,5-6,8,11,14,18H,2,4,7,9-10,12H2/b6-5+. The number of carbonyl (C=O) groups excluding carboxylic acids is 1. The molecule has 4 nitrogen and oxygen atoms in total. The molecule has 0 bridgehead atoms. The van der Waals surface area contributed by atoms with Crippen LogP contribution in [0.2, 0.25) is 0 Å². The third-order valence-corrected chi connectivity index (χ3v) is 3.47. The van der Waals surface area contributed by atoms with Crippen LogP contribution in [-0.4, -0.2) is 40.6 Å². The number of amides is 1. The summed E-state index contributed by atoms with van der Waals surface area (Å²) in [6, 6.07) is 3.77. The van der Waals surface area contributed by atoms with E-state index in [1.54, 1.807) is 24.5 Å². The maximum Gasteiger partial charge on any atom is 0.246 e. The first-order valence-electron chi connectivity index (χ1n) is 6.77. The molecule has 1 fully saturated rings. The molecule has 1 saturated heterocycles. The molecule has 1 aliphatic rings. The van der Waals surface area contributed by atoms with Crippen LogP contribution in [0.15, 0.2) is 30.6 Å². The molecule has 1 aromatic heterocycles. The molecule has 0 radical (unpaired) electrons. The lowest BCUT2D eigenvalue weighted by Crippen LogP contribution is -2.39. The van der Waals surface area contributed by atoms with E-state index in [9.17, 15) is 4.79 Å². The smallest absolute Gasteiger partial charge is 0.246 e. The largest absolute Gasteiger partial charge is 0.396 e. The number of nitrogens with zero attached hydrogens (tertiary/aromatic N) is 2. The number of piperidine rings is 1. The third kappa shape index (κ3) is 4.17. The molecular formula is C15H20N2O2. The lowest BCUT2D eigenvalue weighted by Gasteiger charge is -2.31. The summed E-state index contributed by atoms with van der Waals surface area (Å²) in [6.07, 6.45) is 9.77. The highest BCUT2D eigenvalue weighted by Crippen LogP contribution is 2.19. The number of carbonyl (C=O) groups is 1. The molecule has 4 heteroatoms. The first-order chi connectivity index (χ1) is 9.29. The maximum absolute atomic E-state index is 12.1. The van der Waals surface area contributed by atoms with E-state index in [0.717, 1.165) is 37.9 Å². The molecule has 1 atom stereocenters. The van der Waals surface area contributed by atoms with Crippen molar-refractivity contribution in [2.24, 2.45) is 5.92 Å². The van der Waals surface area contributed by atoms with Crippen molar-refractivity contribution in [3.8, 4) is 0 Å². The van der Waals surface area contributed by atoms with Gasteiger partial charge in [0, 0.05) is 38.2 Å². The van der Waals surface area contributed by atoms with Gasteiger partial charge in [0.05, 0.1) is 0 Å². The van der Waals surface area contributed by atoms with Crippen molar-refractivity contribution in [2.75, 3.05) is 19.7 Å². The molecule has 0 aromatic carbocycles. The van der Waals surface area contributed by atoms with Crippen LogP contribution in [0.1, 0.15) is 24.8 Å². The molecule has 1 aliphatic heterocycles. The number of aliphatic hydroxyl groups is 1. The number of likely N-dealkylation sites (tertiary alicyclic amines) is 1. The molecule has 0 spiro atoms. The normalized spacial score (nSPS) is 19.8. The molecule has 1 unspecified atom stereocenters. The second-order valence-electron chi connectivity index (χ2n) is 4.92. The fraction of sp³-hybridized carbons (Fsp3) is 0.467. The lowest BCUT2D eigenvalue weighted by atomic mass is 9.95. The topological polar surface area (TPSA) is 53.4 Å². The average Bonchev–Trinajstić information content (AvgIpc) is 2.46. The number of rotatable bonds is 4.